The number of benzene rings is 2. The zero-order valence-corrected chi connectivity index (χ0v) is 14.5. The molecule has 3 nitrogen and oxygen atoms in total. The fourth-order valence-electron chi connectivity index (χ4n) is 3.26. The first-order chi connectivity index (χ1) is 11.7. The molecule has 0 radical (unpaired) electrons. The molecule has 0 aliphatic rings. The molecule has 1 unspecified atom stereocenters. The van der Waals surface area contributed by atoms with Crippen LogP contribution in [-0.4, -0.2) is 17.6 Å². The molecule has 0 bridgehead atoms. The van der Waals surface area contributed by atoms with Crippen molar-refractivity contribution in [1.29, 1.82) is 0 Å². The molecule has 0 N–H and O–H groups in total. The fraction of sp³-hybridized carbons (Fsp3) is 0.333. The summed E-state index contributed by atoms with van der Waals surface area (Å²) < 4.78 is 5.31. The summed E-state index contributed by atoms with van der Waals surface area (Å²) in [6.45, 7) is 6.40. The van der Waals surface area contributed by atoms with Gasteiger partial charge < -0.3 is 4.74 Å². The van der Waals surface area contributed by atoms with Crippen LogP contribution in [0.5, 0.6) is 0 Å². The van der Waals surface area contributed by atoms with Crippen molar-refractivity contribution in [2.24, 2.45) is 0 Å². The van der Waals surface area contributed by atoms with Crippen molar-refractivity contribution in [2.75, 3.05) is 6.61 Å². The highest BCUT2D eigenvalue weighted by atomic mass is 16.5. The van der Waals surface area contributed by atoms with Crippen LogP contribution in [0.4, 0.5) is 0 Å². The lowest BCUT2D eigenvalue weighted by molar-refractivity contribution is -0.145. The van der Waals surface area contributed by atoms with E-state index in [9.17, 15) is 4.79 Å². The topological polar surface area (TPSA) is 39.2 Å². The van der Waals surface area contributed by atoms with E-state index in [1.54, 1.807) is 0 Å². The molecule has 24 heavy (non-hydrogen) atoms. The highest BCUT2D eigenvalue weighted by Gasteiger charge is 2.25. The van der Waals surface area contributed by atoms with Gasteiger partial charge >= 0.3 is 5.97 Å². The third-order valence-electron chi connectivity index (χ3n) is 4.36. The molecule has 0 fully saturated rings. The highest BCUT2D eigenvalue weighted by Crippen LogP contribution is 2.33. The molecular formula is C21H23NO2. The molecule has 1 atom stereocenters. The predicted octanol–water partition coefficient (Wildman–Crippen LogP) is 5.14. The Hall–Kier alpha value is -2.42. The Balaban J connectivity index is 2.28. The van der Waals surface area contributed by atoms with Crippen molar-refractivity contribution in [2.45, 2.75) is 39.5 Å². The van der Waals surface area contributed by atoms with Gasteiger partial charge in [0.25, 0.3) is 0 Å². The maximum atomic E-state index is 12.5. The van der Waals surface area contributed by atoms with Gasteiger partial charge in [0.15, 0.2) is 0 Å². The third-order valence-corrected chi connectivity index (χ3v) is 4.36. The van der Waals surface area contributed by atoms with Crippen LogP contribution < -0.4 is 0 Å². The second-order valence-corrected chi connectivity index (χ2v) is 6.16. The minimum absolute atomic E-state index is 0.177. The fourth-order valence-corrected chi connectivity index (χ4v) is 3.26. The molecule has 1 heterocycles. The number of rotatable bonds is 5. The number of aryl methyl sites for hydroxylation is 1. The van der Waals surface area contributed by atoms with Crippen molar-refractivity contribution in [1.82, 2.24) is 4.98 Å². The quantitative estimate of drug-likeness (QED) is 0.482. The van der Waals surface area contributed by atoms with Crippen LogP contribution in [-0.2, 0) is 9.53 Å². The van der Waals surface area contributed by atoms with Crippen LogP contribution in [0.15, 0.2) is 42.5 Å². The maximum absolute atomic E-state index is 12.5. The zero-order chi connectivity index (χ0) is 17.1. The number of fused-ring (bicyclic) bond motifs is 3. The van der Waals surface area contributed by atoms with Crippen molar-refractivity contribution in [3.63, 3.8) is 0 Å². The molecule has 0 aliphatic heterocycles. The Morgan fingerprint density at radius 2 is 1.83 bits per heavy atom. The van der Waals surface area contributed by atoms with Gasteiger partial charge in [-0.05, 0) is 37.8 Å². The van der Waals surface area contributed by atoms with Gasteiger partial charge in [-0.2, -0.15) is 0 Å². The maximum Gasteiger partial charge on any atom is 0.315 e. The van der Waals surface area contributed by atoms with E-state index in [4.69, 9.17) is 9.72 Å². The highest BCUT2D eigenvalue weighted by molar-refractivity contribution is 6.07. The Labute approximate surface area is 142 Å². The largest absolute Gasteiger partial charge is 0.465 e. The molecule has 0 spiro atoms. The normalized spacial score (nSPS) is 12.5. The van der Waals surface area contributed by atoms with Crippen LogP contribution in [0.25, 0.3) is 21.7 Å². The van der Waals surface area contributed by atoms with Gasteiger partial charge in [-0.1, -0.05) is 49.2 Å². The van der Waals surface area contributed by atoms with E-state index < -0.39 is 0 Å². The molecule has 124 valence electrons. The van der Waals surface area contributed by atoms with E-state index >= 15 is 0 Å². The molecule has 0 saturated carbocycles. The average molecular weight is 321 g/mol. The summed E-state index contributed by atoms with van der Waals surface area (Å²) in [6, 6.07) is 14.5. The zero-order valence-electron chi connectivity index (χ0n) is 14.5. The predicted molar refractivity (Wildman–Crippen MR) is 98.3 cm³/mol. The summed E-state index contributed by atoms with van der Waals surface area (Å²) in [4.78, 5) is 17.4. The van der Waals surface area contributed by atoms with Gasteiger partial charge in [-0.15, -0.1) is 0 Å². The van der Waals surface area contributed by atoms with Gasteiger partial charge in [0, 0.05) is 10.8 Å². The first kappa shape index (κ1) is 16.4. The molecule has 0 saturated heterocycles. The molecule has 3 heteroatoms. The number of carbonyl (C=O) groups is 1. The molecular weight excluding hydrogens is 298 g/mol. The van der Waals surface area contributed by atoms with Crippen molar-refractivity contribution >= 4 is 27.6 Å². The number of nitrogens with zero attached hydrogens (tertiary/aromatic N) is 1. The number of hydrogen-bond donors (Lipinski definition) is 0. The number of aromatic nitrogens is 1. The summed E-state index contributed by atoms with van der Waals surface area (Å²) in [5, 5.41) is 3.32. The standard InChI is InChI=1S/C21H23NO2/c1-4-8-17(21(23)24-5-2)20-16-10-7-6-9-15(16)18-13-14(3)11-12-19(18)22-20/h6-7,9-13,17H,4-5,8H2,1-3H3. The third kappa shape index (κ3) is 2.99. The van der Waals surface area contributed by atoms with Crippen LogP contribution >= 0.6 is 0 Å². The second kappa shape index (κ2) is 7.00. The number of esters is 1. The Morgan fingerprint density at radius 1 is 1.08 bits per heavy atom. The van der Waals surface area contributed by atoms with E-state index in [1.807, 2.05) is 25.1 Å². The summed E-state index contributed by atoms with van der Waals surface area (Å²) in [6.07, 6.45) is 1.65. The molecule has 0 aliphatic carbocycles. The summed E-state index contributed by atoms with van der Waals surface area (Å²) >= 11 is 0. The lowest BCUT2D eigenvalue weighted by Crippen LogP contribution is -2.17. The van der Waals surface area contributed by atoms with E-state index in [0.29, 0.717) is 6.61 Å². The van der Waals surface area contributed by atoms with Crippen molar-refractivity contribution < 1.29 is 9.53 Å². The van der Waals surface area contributed by atoms with E-state index in [0.717, 1.165) is 40.2 Å². The van der Waals surface area contributed by atoms with Gasteiger partial charge in [0.05, 0.1) is 23.7 Å². The van der Waals surface area contributed by atoms with E-state index in [1.165, 1.54) is 5.56 Å². The molecule has 0 amide bonds. The average Bonchev–Trinajstić information content (AvgIpc) is 2.59. The molecule has 3 aromatic rings. The number of ether oxygens (including phenoxy) is 1. The van der Waals surface area contributed by atoms with E-state index in [2.05, 4.69) is 38.1 Å². The lowest BCUT2D eigenvalue weighted by atomic mass is 9.93. The molecule has 1 aromatic heterocycles. The number of pyridine rings is 1. The van der Waals surface area contributed by atoms with Crippen LogP contribution in [0, 0.1) is 6.92 Å². The summed E-state index contributed by atoms with van der Waals surface area (Å²) in [7, 11) is 0. The summed E-state index contributed by atoms with van der Waals surface area (Å²) in [5.41, 5.74) is 2.97. The minimum Gasteiger partial charge on any atom is -0.465 e. The van der Waals surface area contributed by atoms with Crippen molar-refractivity contribution in [3.05, 3.63) is 53.7 Å². The van der Waals surface area contributed by atoms with Gasteiger partial charge in [0.2, 0.25) is 0 Å². The van der Waals surface area contributed by atoms with E-state index in [-0.39, 0.29) is 11.9 Å². The monoisotopic (exact) mass is 321 g/mol. The lowest BCUT2D eigenvalue weighted by Gasteiger charge is -2.18. The van der Waals surface area contributed by atoms with Gasteiger partial charge in [-0.25, -0.2) is 0 Å². The molecule has 2 aromatic carbocycles. The number of hydrogen-bond acceptors (Lipinski definition) is 3. The second-order valence-electron chi connectivity index (χ2n) is 6.16. The summed E-state index contributed by atoms with van der Waals surface area (Å²) in [5.74, 6) is -0.492. The van der Waals surface area contributed by atoms with Crippen LogP contribution in [0.2, 0.25) is 0 Å². The SMILES string of the molecule is CCCC(C(=O)OCC)c1nc2ccc(C)cc2c2ccccc12. The van der Waals surface area contributed by atoms with Crippen LogP contribution in [0.1, 0.15) is 43.9 Å². The van der Waals surface area contributed by atoms with Crippen LogP contribution in [0.3, 0.4) is 0 Å². The van der Waals surface area contributed by atoms with Gasteiger partial charge in [-0.3, -0.25) is 9.78 Å². The first-order valence-electron chi connectivity index (χ1n) is 8.61. The first-order valence-corrected chi connectivity index (χ1v) is 8.61. The van der Waals surface area contributed by atoms with Crippen molar-refractivity contribution in [3.8, 4) is 0 Å². The minimum atomic E-state index is -0.314. The smallest absolute Gasteiger partial charge is 0.315 e. The Morgan fingerprint density at radius 3 is 2.54 bits per heavy atom. The van der Waals surface area contributed by atoms with Gasteiger partial charge in [0.1, 0.15) is 0 Å². The molecule has 3 rings (SSSR count). The Bertz CT molecular complexity index is 886. The number of carbonyl (C=O) groups excluding carboxylic acids is 1. The Kier molecular flexibility index (Phi) is 4.79.